The summed E-state index contributed by atoms with van der Waals surface area (Å²) in [5, 5.41) is 11.0. The van der Waals surface area contributed by atoms with E-state index in [2.05, 4.69) is 0 Å². The first-order valence-electron chi connectivity index (χ1n) is 7.20. The van der Waals surface area contributed by atoms with Gasteiger partial charge in [0.15, 0.2) is 0 Å². The molecule has 1 amide bonds. The Kier molecular flexibility index (Phi) is 4.73. The maximum absolute atomic E-state index is 13.0. The zero-order chi connectivity index (χ0) is 18.1. The summed E-state index contributed by atoms with van der Waals surface area (Å²) in [7, 11) is 0. The predicted octanol–water partition coefficient (Wildman–Crippen LogP) is 2.43. The number of thiocarbonyl (C=S) groups is 1. The molecule has 0 saturated carbocycles. The Bertz CT molecular complexity index is 888. The van der Waals surface area contributed by atoms with E-state index in [4.69, 9.17) is 16.6 Å². The largest absolute Gasteiger partial charge is 0.548 e. The fraction of sp³-hybridized carbons (Fsp3) is 0.118. The molecule has 2 aromatic rings. The van der Waals surface area contributed by atoms with Crippen molar-refractivity contribution < 1.29 is 23.5 Å². The smallest absolute Gasteiger partial charge is 0.266 e. The lowest BCUT2D eigenvalue weighted by Gasteiger charge is -2.23. The maximum atomic E-state index is 13.0. The number of thioether (sulfide) groups is 1. The van der Waals surface area contributed by atoms with Crippen molar-refractivity contribution in [1.82, 2.24) is 4.90 Å². The molecular formula is C17H11FNO4S2-. The van der Waals surface area contributed by atoms with Crippen molar-refractivity contribution in [3.63, 3.8) is 0 Å². The Morgan fingerprint density at radius 3 is 2.64 bits per heavy atom. The van der Waals surface area contributed by atoms with E-state index >= 15 is 0 Å². The Labute approximate surface area is 152 Å². The Balaban J connectivity index is 1.84. The number of carboxylic acids is 1. The molecule has 0 spiro atoms. The molecule has 1 saturated heterocycles. The van der Waals surface area contributed by atoms with Crippen LogP contribution >= 0.6 is 24.0 Å². The first kappa shape index (κ1) is 17.4. The Morgan fingerprint density at radius 2 is 2.00 bits per heavy atom. The highest BCUT2D eigenvalue weighted by molar-refractivity contribution is 8.26. The van der Waals surface area contributed by atoms with Gasteiger partial charge in [0.25, 0.3) is 5.91 Å². The fourth-order valence-electron chi connectivity index (χ4n) is 2.25. The van der Waals surface area contributed by atoms with Crippen LogP contribution in [0.25, 0.3) is 17.4 Å². The number of nitrogens with zero attached hydrogens (tertiary/aromatic N) is 1. The zero-order valence-corrected chi connectivity index (χ0v) is 14.5. The summed E-state index contributed by atoms with van der Waals surface area (Å²) in [5.74, 6) is -1.31. The molecular weight excluding hydrogens is 365 g/mol. The monoisotopic (exact) mass is 376 g/mol. The van der Waals surface area contributed by atoms with Crippen molar-refractivity contribution in [2.75, 3.05) is 0 Å². The molecule has 2 heterocycles. The quantitative estimate of drug-likeness (QED) is 0.603. The van der Waals surface area contributed by atoms with E-state index in [1.807, 2.05) is 0 Å². The predicted molar refractivity (Wildman–Crippen MR) is 93.6 cm³/mol. The average molecular weight is 376 g/mol. The van der Waals surface area contributed by atoms with Crippen LogP contribution in [-0.2, 0) is 9.59 Å². The minimum absolute atomic E-state index is 0.151. The van der Waals surface area contributed by atoms with Gasteiger partial charge < -0.3 is 14.3 Å². The van der Waals surface area contributed by atoms with E-state index in [0.717, 1.165) is 16.7 Å². The van der Waals surface area contributed by atoms with Gasteiger partial charge in [-0.3, -0.25) is 9.69 Å². The molecule has 1 aromatic heterocycles. The van der Waals surface area contributed by atoms with Gasteiger partial charge in [-0.2, -0.15) is 0 Å². The van der Waals surface area contributed by atoms with Crippen molar-refractivity contribution in [3.8, 4) is 11.3 Å². The normalized spacial score (nSPS) is 17.4. The van der Waals surface area contributed by atoms with Gasteiger partial charge >= 0.3 is 0 Å². The molecule has 0 N–H and O–H groups in total. The second-order valence-electron chi connectivity index (χ2n) is 5.26. The van der Waals surface area contributed by atoms with Gasteiger partial charge in [-0.25, -0.2) is 4.39 Å². The number of aliphatic carboxylic acids is 1. The van der Waals surface area contributed by atoms with E-state index in [1.165, 1.54) is 25.1 Å². The summed E-state index contributed by atoms with van der Waals surface area (Å²) >= 11 is 6.07. The molecule has 128 valence electrons. The third-order valence-corrected chi connectivity index (χ3v) is 4.91. The van der Waals surface area contributed by atoms with Gasteiger partial charge in [-0.05, 0) is 43.3 Å². The maximum Gasteiger partial charge on any atom is 0.266 e. The minimum Gasteiger partial charge on any atom is -0.548 e. The average Bonchev–Trinajstić information content (AvgIpc) is 3.13. The molecule has 0 unspecified atom stereocenters. The lowest BCUT2D eigenvalue weighted by atomic mass is 10.2. The van der Waals surface area contributed by atoms with Gasteiger partial charge in [0.05, 0.1) is 16.9 Å². The molecule has 1 atom stereocenters. The van der Waals surface area contributed by atoms with Crippen LogP contribution in [0.2, 0.25) is 0 Å². The number of carboxylic acid groups (broad SMARTS) is 1. The van der Waals surface area contributed by atoms with Crippen molar-refractivity contribution in [2.24, 2.45) is 0 Å². The van der Waals surface area contributed by atoms with Crippen LogP contribution in [0.15, 0.2) is 45.7 Å². The van der Waals surface area contributed by atoms with E-state index in [-0.39, 0.29) is 15.0 Å². The standard InChI is InChI=1S/C17H12FNO4S2/c1-9(16(21)22)19-15(20)14(25-17(19)24)8-12-6-7-13(23-12)10-2-4-11(18)5-3-10/h2-9H,1H3,(H,21,22)/p-1/b14-8-/t9-/m0/s1. The number of carbonyl (C=O) groups is 2. The molecule has 1 fully saturated rings. The molecule has 1 aliphatic rings. The van der Waals surface area contributed by atoms with Crippen LogP contribution in [0.4, 0.5) is 4.39 Å². The van der Waals surface area contributed by atoms with Crippen LogP contribution < -0.4 is 5.11 Å². The highest BCUT2D eigenvalue weighted by atomic mass is 32.2. The molecule has 0 aliphatic carbocycles. The fourth-order valence-corrected chi connectivity index (χ4v) is 3.65. The number of carbonyl (C=O) groups excluding carboxylic acids is 2. The molecule has 3 rings (SSSR count). The second-order valence-corrected chi connectivity index (χ2v) is 6.93. The molecule has 1 aromatic carbocycles. The summed E-state index contributed by atoms with van der Waals surface area (Å²) in [6.45, 7) is 1.34. The van der Waals surface area contributed by atoms with E-state index < -0.39 is 17.9 Å². The Morgan fingerprint density at radius 1 is 1.32 bits per heavy atom. The van der Waals surface area contributed by atoms with Crippen LogP contribution in [0.3, 0.4) is 0 Å². The number of benzene rings is 1. The van der Waals surface area contributed by atoms with Crippen molar-refractivity contribution >= 4 is 46.3 Å². The number of hydrogen-bond acceptors (Lipinski definition) is 6. The van der Waals surface area contributed by atoms with E-state index in [9.17, 15) is 19.1 Å². The second kappa shape index (κ2) is 6.81. The summed E-state index contributed by atoms with van der Waals surface area (Å²) in [4.78, 5) is 24.6. The van der Waals surface area contributed by atoms with Gasteiger partial charge in [-0.1, -0.05) is 24.0 Å². The molecule has 8 heteroatoms. The van der Waals surface area contributed by atoms with E-state index in [0.29, 0.717) is 17.1 Å². The lowest BCUT2D eigenvalue weighted by molar-refractivity contribution is -0.309. The van der Waals surface area contributed by atoms with Gasteiger partial charge in [0.1, 0.15) is 21.7 Å². The van der Waals surface area contributed by atoms with Gasteiger partial charge in [-0.15, -0.1) is 0 Å². The number of furan rings is 1. The Hall–Kier alpha value is -2.45. The zero-order valence-electron chi connectivity index (χ0n) is 12.9. The summed E-state index contributed by atoms with van der Waals surface area (Å²) in [6.07, 6.45) is 1.49. The lowest BCUT2D eigenvalue weighted by Crippen LogP contribution is -2.48. The van der Waals surface area contributed by atoms with Crippen LogP contribution in [0.5, 0.6) is 0 Å². The summed E-state index contributed by atoms with van der Waals surface area (Å²) in [6, 6.07) is 8.02. The SMILES string of the molecule is C[C@@H](C(=O)[O-])N1C(=O)/C(=C/c2ccc(-c3ccc(F)cc3)o2)SC1=S. The number of hydrogen-bond donors (Lipinski definition) is 0. The summed E-state index contributed by atoms with van der Waals surface area (Å²) in [5.41, 5.74) is 0.694. The van der Waals surface area contributed by atoms with Crippen LogP contribution in [0, 0.1) is 5.82 Å². The van der Waals surface area contributed by atoms with Crippen molar-refractivity contribution in [3.05, 3.63) is 52.9 Å². The van der Waals surface area contributed by atoms with E-state index in [1.54, 1.807) is 24.3 Å². The molecule has 0 bridgehead atoms. The first-order chi connectivity index (χ1) is 11.9. The number of amides is 1. The van der Waals surface area contributed by atoms with Crippen LogP contribution in [0.1, 0.15) is 12.7 Å². The molecule has 5 nitrogen and oxygen atoms in total. The number of halogens is 1. The third kappa shape index (κ3) is 3.49. The molecule has 1 aliphatic heterocycles. The summed E-state index contributed by atoms with van der Waals surface area (Å²) < 4.78 is 18.8. The minimum atomic E-state index is -1.38. The molecule has 0 radical (unpaired) electrons. The first-order valence-corrected chi connectivity index (χ1v) is 8.43. The van der Waals surface area contributed by atoms with Gasteiger partial charge in [0, 0.05) is 11.6 Å². The topological polar surface area (TPSA) is 73.6 Å². The number of rotatable bonds is 4. The van der Waals surface area contributed by atoms with Gasteiger partial charge in [0.2, 0.25) is 0 Å². The van der Waals surface area contributed by atoms with Crippen molar-refractivity contribution in [2.45, 2.75) is 13.0 Å². The highest BCUT2D eigenvalue weighted by Gasteiger charge is 2.36. The highest BCUT2D eigenvalue weighted by Crippen LogP contribution is 2.34. The third-order valence-electron chi connectivity index (χ3n) is 3.58. The van der Waals surface area contributed by atoms with Crippen LogP contribution in [-0.4, -0.2) is 27.1 Å². The van der Waals surface area contributed by atoms with Crippen molar-refractivity contribution in [1.29, 1.82) is 0 Å². The molecule has 25 heavy (non-hydrogen) atoms.